The van der Waals surface area contributed by atoms with Gasteiger partial charge in [-0.3, -0.25) is 4.79 Å². The SMILES string of the molecule is Cc1cccc(-c2noc(CCNC(=O)Cc3ccc(F)cc3)n2)c1. The molecule has 0 spiro atoms. The van der Waals surface area contributed by atoms with Gasteiger partial charge in [0.1, 0.15) is 5.82 Å². The van der Waals surface area contributed by atoms with E-state index in [1.54, 1.807) is 12.1 Å². The Morgan fingerprint density at radius 1 is 1.20 bits per heavy atom. The number of nitrogens with one attached hydrogen (secondary N) is 1. The highest BCUT2D eigenvalue weighted by Gasteiger charge is 2.09. The molecule has 3 aromatic rings. The zero-order valence-corrected chi connectivity index (χ0v) is 13.8. The molecular weight excluding hydrogens is 321 g/mol. The molecule has 0 aliphatic rings. The minimum atomic E-state index is -0.315. The molecule has 1 amide bonds. The molecule has 0 fully saturated rings. The van der Waals surface area contributed by atoms with Gasteiger partial charge in [0.05, 0.1) is 6.42 Å². The molecular formula is C19H18FN3O2. The summed E-state index contributed by atoms with van der Waals surface area (Å²) in [6.45, 7) is 2.40. The maximum absolute atomic E-state index is 12.8. The van der Waals surface area contributed by atoms with Crippen LogP contribution in [0.1, 0.15) is 17.0 Å². The molecule has 0 aliphatic heterocycles. The van der Waals surface area contributed by atoms with Gasteiger partial charge in [0.15, 0.2) is 0 Å². The highest BCUT2D eigenvalue weighted by atomic mass is 19.1. The number of carbonyl (C=O) groups excluding carboxylic acids is 1. The first-order valence-corrected chi connectivity index (χ1v) is 8.01. The summed E-state index contributed by atoms with van der Waals surface area (Å²) in [5.41, 5.74) is 2.78. The lowest BCUT2D eigenvalue weighted by atomic mass is 10.1. The van der Waals surface area contributed by atoms with Crippen molar-refractivity contribution in [2.75, 3.05) is 6.54 Å². The molecule has 0 bridgehead atoms. The van der Waals surface area contributed by atoms with Gasteiger partial charge in [-0.25, -0.2) is 4.39 Å². The summed E-state index contributed by atoms with van der Waals surface area (Å²) in [6, 6.07) is 13.7. The summed E-state index contributed by atoms with van der Waals surface area (Å²) in [5.74, 6) is 0.560. The molecule has 0 atom stereocenters. The van der Waals surface area contributed by atoms with Gasteiger partial charge in [0, 0.05) is 18.5 Å². The Balaban J connectivity index is 1.49. The fourth-order valence-corrected chi connectivity index (χ4v) is 2.42. The number of aryl methyl sites for hydroxylation is 1. The molecule has 2 aromatic carbocycles. The van der Waals surface area contributed by atoms with Gasteiger partial charge < -0.3 is 9.84 Å². The summed E-state index contributed by atoms with van der Waals surface area (Å²) in [4.78, 5) is 16.2. The van der Waals surface area contributed by atoms with Crippen molar-refractivity contribution in [1.82, 2.24) is 15.5 Å². The molecule has 0 saturated carbocycles. The second kappa shape index (κ2) is 7.70. The van der Waals surface area contributed by atoms with E-state index in [2.05, 4.69) is 15.5 Å². The lowest BCUT2D eigenvalue weighted by Gasteiger charge is -2.03. The molecule has 0 saturated heterocycles. The van der Waals surface area contributed by atoms with E-state index in [1.807, 2.05) is 31.2 Å². The van der Waals surface area contributed by atoms with Crippen LogP contribution in [0.3, 0.4) is 0 Å². The number of aromatic nitrogens is 2. The maximum Gasteiger partial charge on any atom is 0.228 e. The van der Waals surface area contributed by atoms with E-state index in [0.29, 0.717) is 24.7 Å². The van der Waals surface area contributed by atoms with Crippen LogP contribution in [0.5, 0.6) is 0 Å². The largest absolute Gasteiger partial charge is 0.355 e. The van der Waals surface area contributed by atoms with Crippen LogP contribution in [0, 0.1) is 12.7 Å². The van der Waals surface area contributed by atoms with E-state index in [0.717, 1.165) is 16.7 Å². The average molecular weight is 339 g/mol. The molecule has 25 heavy (non-hydrogen) atoms. The van der Waals surface area contributed by atoms with E-state index < -0.39 is 0 Å². The molecule has 1 N–H and O–H groups in total. The summed E-state index contributed by atoms with van der Waals surface area (Å²) in [5, 5.41) is 6.76. The van der Waals surface area contributed by atoms with Crippen molar-refractivity contribution >= 4 is 5.91 Å². The Labute approximate surface area is 144 Å². The van der Waals surface area contributed by atoms with Crippen molar-refractivity contribution in [3.8, 4) is 11.4 Å². The van der Waals surface area contributed by atoms with Gasteiger partial charge in [-0.1, -0.05) is 41.1 Å². The van der Waals surface area contributed by atoms with Crippen LogP contribution < -0.4 is 5.32 Å². The number of hydrogen-bond acceptors (Lipinski definition) is 4. The van der Waals surface area contributed by atoms with E-state index >= 15 is 0 Å². The Bertz CT molecular complexity index is 859. The molecule has 1 aromatic heterocycles. The lowest BCUT2D eigenvalue weighted by Crippen LogP contribution is -2.27. The van der Waals surface area contributed by atoms with Gasteiger partial charge in [0.2, 0.25) is 17.6 Å². The van der Waals surface area contributed by atoms with Crippen molar-refractivity contribution in [3.63, 3.8) is 0 Å². The van der Waals surface area contributed by atoms with Crippen LogP contribution in [0.25, 0.3) is 11.4 Å². The van der Waals surface area contributed by atoms with Gasteiger partial charge in [0.25, 0.3) is 0 Å². The fourth-order valence-electron chi connectivity index (χ4n) is 2.42. The smallest absolute Gasteiger partial charge is 0.228 e. The van der Waals surface area contributed by atoms with Crippen LogP contribution in [0.2, 0.25) is 0 Å². The fraction of sp³-hybridized carbons (Fsp3) is 0.211. The Morgan fingerprint density at radius 3 is 2.76 bits per heavy atom. The first-order chi connectivity index (χ1) is 12.1. The number of carbonyl (C=O) groups is 1. The number of benzene rings is 2. The highest BCUT2D eigenvalue weighted by molar-refractivity contribution is 5.78. The van der Waals surface area contributed by atoms with E-state index in [1.165, 1.54) is 12.1 Å². The van der Waals surface area contributed by atoms with Gasteiger partial charge in [-0.2, -0.15) is 4.98 Å². The molecule has 5 nitrogen and oxygen atoms in total. The summed E-state index contributed by atoms with van der Waals surface area (Å²) < 4.78 is 18.1. The number of halogens is 1. The molecule has 1 heterocycles. The molecule has 6 heteroatoms. The Kier molecular flexibility index (Phi) is 5.18. The third kappa shape index (κ3) is 4.73. The Morgan fingerprint density at radius 2 is 2.00 bits per heavy atom. The molecule has 128 valence electrons. The predicted molar refractivity (Wildman–Crippen MR) is 91.3 cm³/mol. The van der Waals surface area contributed by atoms with E-state index in [4.69, 9.17) is 4.52 Å². The van der Waals surface area contributed by atoms with Crippen LogP contribution in [0.4, 0.5) is 4.39 Å². The number of hydrogen-bond donors (Lipinski definition) is 1. The average Bonchev–Trinajstić information content (AvgIpc) is 3.06. The Hall–Kier alpha value is -3.02. The quantitative estimate of drug-likeness (QED) is 0.749. The van der Waals surface area contributed by atoms with E-state index in [-0.39, 0.29) is 18.1 Å². The van der Waals surface area contributed by atoms with Crippen molar-refractivity contribution < 1.29 is 13.7 Å². The molecule has 0 unspecified atom stereocenters. The summed E-state index contributed by atoms with van der Waals surface area (Å²) >= 11 is 0. The minimum Gasteiger partial charge on any atom is -0.355 e. The first-order valence-electron chi connectivity index (χ1n) is 8.01. The monoisotopic (exact) mass is 339 g/mol. The third-order valence-electron chi connectivity index (χ3n) is 3.68. The summed E-state index contributed by atoms with van der Waals surface area (Å²) in [7, 11) is 0. The molecule has 0 aliphatic carbocycles. The van der Waals surface area contributed by atoms with Crippen LogP contribution in [-0.2, 0) is 17.6 Å². The second-order valence-corrected chi connectivity index (χ2v) is 5.78. The van der Waals surface area contributed by atoms with Gasteiger partial charge >= 0.3 is 0 Å². The zero-order valence-electron chi connectivity index (χ0n) is 13.8. The van der Waals surface area contributed by atoms with Gasteiger partial charge in [-0.15, -0.1) is 0 Å². The van der Waals surface area contributed by atoms with Crippen LogP contribution >= 0.6 is 0 Å². The third-order valence-corrected chi connectivity index (χ3v) is 3.68. The first kappa shape index (κ1) is 16.8. The van der Waals surface area contributed by atoms with Crippen molar-refractivity contribution in [2.45, 2.75) is 19.8 Å². The number of rotatable bonds is 6. The predicted octanol–water partition coefficient (Wildman–Crippen LogP) is 3.09. The maximum atomic E-state index is 12.8. The second-order valence-electron chi connectivity index (χ2n) is 5.78. The summed E-state index contributed by atoms with van der Waals surface area (Å²) in [6.07, 6.45) is 0.659. The number of nitrogens with zero attached hydrogens (tertiary/aromatic N) is 2. The minimum absolute atomic E-state index is 0.134. The van der Waals surface area contributed by atoms with Crippen molar-refractivity contribution in [1.29, 1.82) is 0 Å². The lowest BCUT2D eigenvalue weighted by molar-refractivity contribution is -0.120. The molecule has 3 rings (SSSR count). The highest BCUT2D eigenvalue weighted by Crippen LogP contribution is 2.16. The van der Waals surface area contributed by atoms with Gasteiger partial charge in [-0.05, 0) is 30.7 Å². The molecule has 0 radical (unpaired) electrons. The van der Waals surface area contributed by atoms with Crippen molar-refractivity contribution in [2.24, 2.45) is 0 Å². The standard InChI is InChI=1S/C19H18FN3O2/c1-13-3-2-4-15(11-13)19-22-18(25-23-19)9-10-21-17(24)12-14-5-7-16(20)8-6-14/h2-8,11H,9-10,12H2,1H3,(H,21,24). The van der Waals surface area contributed by atoms with Crippen molar-refractivity contribution in [3.05, 3.63) is 71.4 Å². The normalized spacial score (nSPS) is 10.6. The van der Waals surface area contributed by atoms with E-state index in [9.17, 15) is 9.18 Å². The number of amides is 1. The topological polar surface area (TPSA) is 68.0 Å². The van der Waals surface area contributed by atoms with Crippen LogP contribution in [0.15, 0.2) is 53.1 Å². The van der Waals surface area contributed by atoms with Crippen LogP contribution in [-0.4, -0.2) is 22.6 Å². The zero-order chi connectivity index (χ0) is 17.6.